The van der Waals surface area contributed by atoms with Crippen LogP contribution in [0.1, 0.15) is 27.2 Å². The molecule has 0 amide bonds. The van der Waals surface area contributed by atoms with Gasteiger partial charge in [-0.1, -0.05) is 26.0 Å². The van der Waals surface area contributed by atoms with Crippen molar-refractivity contribution in [2.45, 2.75) is 27.2 Å². The molecule has 68 valence electrons. The zero-order chi connectivity index (χ0) is 9.14. The fourth-order valence-electron chi connectivity index (χ4n) is 2.23. The van der Waals surface area contributed by atoms with E-state index in [1.807, 2.05) is 7.05 Å². The van der Waals surface area contributed by atoms with E-state index in [4.69, 9.17) is 0 Å². The van der Waals surface area contributed by atoms with Gasteiger partial charge in [0.2, 0.25) is 0 Å². The summed E-state index contributed by atoms with van der Waals surface area (Å²) in [6, 6.07) is 0. The van der Waals surface area contributed by atoms with E-state index in [1.165, 1.54) is 12.1 Å². The van der Waals surface area contributed by atoms with Crippen molar-refractivity contribution in [2.24, 2.45) is 22.7 Å². The maximum Gasteiger partial charge on any atom is 0.0276 e. The van der Waals surface area contributed by atoms with E-state index in [9.17, 15) is 0 Å². The molecule has 0 saturated heterocycles. The van der Waals surface area contributed by atoms with E-state index in [2.05, 4.69) is 37.9 Å². The molecule has 1 aliphatic rings. The molecule has 0 heterocycles. The molecule has 0 fully saturated rings. The standard InChI is InChI=1S/C11H19N/c1-8-6-5-7-9(2)11(8)10(3)12-4/h5-6,8-9,11H,7H2,1-4H3/b12-10-. The van der Waals surface area contributed by atoms with Gasteiger partial charge in [-0.3, -0.25) is 4.99 Å². The third-order valence-electron chi connectivity index (χ3n) is 2.96. The Balaban J connectivity index is 2.79. The van der Waals surface area contributed by atoms with Crippen molar-refractivity contribution in [2.75, 3.05) is 7.05 Å². The second-order valence-electron chi connectivity index (χ2n) is 3.89. The van der Waals surface area contributed by atoms with Crippen LogP contribution in [-0.4, -0.2) is 12.8 Å². The van der Waals surface area contributed by atoms with Gasteiger partial charge in [0.15, 0.2) is 0 Å². The molecule has 0 spiro atoms. The second kappa shape index (κ2) is 3.88. The van der Waals surface area contributed by atoms with Crippen LogP contribution in [0.25, 0.3) is 0 Å². The molecule has 0 radical (unpaired) electrons. The lowest BCUT2D eigenvalue weighted by Gasteiger charge is -2.30. The van der Waals surface area contributed by atoms with Crippen LogP contribution >= 0.6 is 0 Å². The third-order valence-corrected chi connectivity index (χ3v) is 2.96. The van der Waals surface area contributed by atoms with Crippen molar-refractivity contribution in [3.05, 3.63) is 12.2 Å². The van der Waals surface area contributed by atoms with Crippen LogP contribution in [-0.2, 0) is 0 Å². The lowest BCUT2D eigenvalue weighted by molar-refractivity contribution is 0.365. The van der Waals surface area contributed by atoms with Crippen LogP contribution in [0.4, 0.5) is 0 Å². The van der Waals surface area contributed by atoms with Crippen LogP contribution in [0.3, 0.4) is 0 Å². The minimum absolute atomic E-state index is 0.664. The molecule has 0 N–H and O–H groups in total. The number of hydrogen-bond acceptors (Lipinski definition) is 1. The first-order valence-corrected chi connectivity index (χ1v) is 4.76. The minimum atomic E-state index is 0.664. The summed E-state index contributed by atoms with van der Waals surface area (Å²) < 4.78 is 0. The van der Waals surface area contributed by atoms with Crippen molar-refractivity contribution in [1.82, 2.24) is 0 Å². The minimum Gasteiger partial charge on any atom is -0.297 e. The van der Waals surface area contributed by atoms with Gasteiger partial charge in [-0.25, -0.2) is 0 Å². The highest BCUT2D eigenvalue weighted by Crippen LogP contribution is 2.30. The molecule has 0 saturated carbocycles. The summed E-state index contributed by atoms with van der Waals surface area (Å²) in [5.74, 6) is 2.09. The molecule has 1 aliphatic carbocycles. The molecule has 0 aromatic rings. The Kier molecular flexibility index (Phi) is 3.07. The summed E-state index contributed by atoms with van der Waals surface area (Å²) in [6.07, 6.45) is 5.83. The number of nitrogens with zero attached hydrogens (tertiary/aromatic N) is 1. The highest BCUT2D eigenvalue weighted by atomic mass is 14.7. The first-order chi connectivity index (χ1) is 5.66. The molecule has 1 nitrogen and oxygen atoms in total. The highest BCUT2D eigenvalue weighted by molar-refractivity contribution is 5.85. The Labute approximate surface area is 75.6 Å². The maximum absolute atomic E-state index is 4.30. The van der Waals surface area contributed by atoms with Crippen molar-refractivity contribution < 1.29 is 0 Å². The first-order valence-electron chi connectivity index (χ1n) is 4.76. The Morgan fingerprint density at radius 1 is 1.42 bits per heavy atom. The summed E-state index contributed by atoms with van der Waals surface area (Å²) >= 11 is 0. The fourth-order valence-corrected chi connectivity index (χ4v) is 2.23. The molecule has 12 heavy (non-hydrogen) atoms. The third kappa shape index (κ3) is 1.77. The summed E-state index contributed by atoms with van der Waals surface area (Å²) in [5, 5.41) is 0. The van der Waals surface area contributed by atoms with E-state index in [0.29, 0.717) is 11.8 Å². The molecule has 0 aliphatic heterocycles. The SMILES string of the molecule is C/N=C(/C)C1C(C)C=CCC1C. The molecule has 1 heteroatoms. The lowest BCUT2D eigenvalue weighted by atomic mass is 9.75. The predicted octanol–water partition coefficient (Wildman–Crippen LogP) is 2.93. The van der Waals surface area contributed by atoms with E-state index in [-0.39, 0.29) is 0 Å². The Morgan fingerprint density at radius 2 is 2.08 bits per heavy atom. The van der Waals surface area contributed by atoms with Gasteiger partial charge < -0.3 is 0 Å². The Hall–Kier alpha value is -0.590. The summed E-state index contributed by atoms with van der Waals surface area (Å²) in [6.45, 7) is 6.75. The molecule has 3 unspecified atom stereocenters. The van der Waals surface area contributed by atoms with Gasteiger partial charge in [0, 0.05) is 18.7 Å². The molecule has 0 bridgehead atoms. The fraction of sp³-hybridized carbons (Fsp3) is 0.727. The van der Waals surface area contributed by atoms with Crippen LogP contribution in [0.15, 0.2) is 17.1 Å². The van der Waals surface area contributed by atoms with Crippen molar-refractivity contribution >= 4 is 5.71 Å². The molecule has 3 atom stereocenters. The van der Waals surface area contributed by atoms with Crippen LogP contribution in [0.5, 0.6) is 0 Å². The zero-order valence-corrected chi connectivity index (χ0v) is 8.54. The average Bonchev–Trinajstić information content (AvgIpc) is 2.03. The largest absolute Gasteiger partial charge is 0.297 e. The second-order valence-corrected chi connectivity index (χ2v) is 3.89. The first kappa shape index (κ1) is 9.50. The summed E-state index contributed by atoms with van der Waals surface area (Å²) in [5.41, 5.74) is 1.30. The monoisotopic (exact) mass is 165 g/mol. The zero-order valence-electron chi connectivity index (χ0n) is 8.54. The molecular weight excluding hydrogens is 146 g/mol. The van der Waals surface area contributed by atoms with Crippen molar-refractivity contribution in [1.29, 1.82) is 0 Å². The summed E-state index contributed by atoms with van der Waals surface area (Å²) in [4.78, 5) is 4.30. The van der Waals surface area contributed by atoms with Gasteiger partial charge in [0.25, 0.3) is 0 Å². The topological polar surface area (TPSA) is 12.4 Å². The number of allylic oxidation sites excluding steroid dienone is 2. The Morgan fingerprint density at radius 3 is 2.58 bits per heavy atom. The molecular formula is C11H19N. The van der Waals surface area contributed by atoms with Crippen molar-refractivity contribution in [3.8, 4) is 0 Å². The van der Waals surface area contributed by atoms with Gasteiger partial charge >= 0.3 is 0 Å². The number of rotatable bonds is 1. The average molecular weight is 165 g/mol. The molecule has 0 aromatic heterocycles. The maximum atomic E-state index is 4.30. The predicted molar refractivity (Wildman–Crippen MR) is 54.6 cm³/mol. The van der Waals surface area contributed by atoms with E-state index >= 15 is 0 Å². The normalized spacial score (nSPS) is 37.0. The molecule has 0 aromatic carbocycles. The molecule has 1 rings (SSSR count). The van der Waals surface area contributed by atoms with Gasteiger partial charge in [-0.05, 0) is 25.2 Å². The van der Waals surface area contributed by atoms with Crippen LogP contribution in [0, 0.1) is 17.8 Å². The lowest BCUT2D eigenvalue weighted by Crippen LogP contribution is -2.27. The van der Waals surface area contributed by atoms with Gasteiger partial charge in [0.05, 0.1) is 0 Å². The van der Waals surface area contributed by atoms with Crippen molar-refractivity contribution in [3.63, 3.8) is 0 Å². The smallest absolute Gasteiger partial charge is 0.0276 e. The highest BCUT2D eigenvalue weighted by Gasteiger charge is 2.26. The van der Waals surface area contributed by atoms with E-state index in [1.54, 1.807) is 0 Å². The Bertz CT molecular complexity index is 203. The van der Waals surface area contributed by atoms with Gasteiger partial charge in [-0.2, -0.15) is 0 Å². The quantitative estimate of drug-likeness (QED) is 0.418. The van der Waals surface area contributed by atoms with Gasteiger partial charge in [0.1, 0.15) is 0 Å². The number of aliphatic imine (C=N–C) groups is 1. The van der Waals surface area contributed by atoms with Crippen LogP contribution in [0.2, 0.25) is 0 Å². The van der Waals surface area contributed by atoms with Gasteiger partial charge in [-0.15, -0.1) is 0 Å². The van der Waals surface area contributed by atoms with Crippen LogP contribution < -0.4 is 0 Å². The van der Waals surface area contributed by atoms with E-state index in [0.717, 1.165) is 5.92 Å². The number of hydrogen-bond donors (Lipinski definition) is 0. The summed E-state index contributed by atoms with van der Waals surface area (Å²) in [7, 11) is 1.90. The van der Waals surface area contributed by atoms with E-state index < -0.39 is 0 Å².